The Bertz CT molecular complexity index is 695. The van der Waals surface area contributed by atoms with Crippen LogP contribution in [0.1, 0.15) is 42.2 Å². The second-order valence-electron chi connectivity index (χ2n) is 6.71. The van der Waals surface area contributed by atoms with Crippen molar-refractivity contribution < 1.29 is 9.90 Å². The van der Waals surface area contributed by atoms with Gasteiger partial charge in [0.15, 0.2) is 0 Å². The summed E-state index contributed by atoms with van der Waals surface area (Å²) < 4.78 is 1.76. The molecular weight excluding hydrogens is 302 g/mol. The van der Waals surface area contributed by atoms with Crippen LogP contribution in [-0.4, -0.2) is 45.4 Å². The number of aromatic nitrogens is 2. The maximum absolute atomic E-state index is 12.9. The summed E-state index contributed by atoms with van der Waals surface area (Å²) in [4.78, 5) is 14.8. The molecule has 24 heavy (non-hydrogen) atoms. The van der Waals surface area contributed by atoms with E-state index in [1.165, 1.54) is 0 Å². The van der Waals surface area contributed by atoms with Gasteiger partial charge in [0.05, 0.1) is 16.9 Å². The zero-order valence-electron chi connectivity index (χ0n) is 14.4. The number of rotatable bonds is 4. The molecule has 0 bridgehead atoms. The lowest BCUT2D eigenvalue weighted by molar-refractivity contribution is 0.0337. The normalized spacial score (nSPS) is 17.0. The van der Waals surface area contributed by atoms with Gasteiger partial charge in [-0.1, -0.05) is 25.1 Å². The van der Waals surface area contributed by atoms with Crippen LogP contribution < -0.4 is 0 Å². The van der Waals surface area contributed by atoms with Crippen LogP contribution in [-0.2, 0) is 0 Å². The molecule has 0 saturated carbocycles. The number of benzene rings is 1. The van der Waals surface area contributed by atoms with Crippen molar-refractivity contribution in [1.82, 2.24) is 14.7 Å². The molecule has 0 atom stereocenters. The van der Waals surface area contributed by atoms with E-state index in [1.54, 1.807) is 4.68 Å². The summed E-state index contributed by atoms with van der Waals surface area (Å²) in [7, 11) is 0. The summed E-state index contributed by atoms with van der Waals surface area (Å²) in [6.07, 6.45) is 4.49. The van der Waals surface area contributed by atoms with E-state index >= 15 is 0 Å². The highest BCUT2D eigenvalue weighted by molar-refractivity contribution is 5.95. The van der Waals surface area contributed by atoms with Crippen molar-refractivity contribution in [1.29, 1.82) is 0 Å². The van der Waals surface area contributed by atoms with Gasteiger partial charge < -0.3 is 10.0 Å². The molecule has 128 valence electrons. The highest BCUT2D eigenvalue weighted by atomic mass is 16.3. The topological polar surface area (TPSA) is 58.4 Å². The Morgan fingerprint density at radius 3 is 2.50 bits per heavy atom. The number of carbonyl (C=O) groups excluding carboxylic acids is 1. The molecule has 1 saturated heterocycles. The highest BCUT2D eigenvalue weighted by Gasteiger charge is 2.34. The SMILES string of the molecule is CCC1(CO)CCN(C(=O)c2cn(-c3ccccc3)nc2C)CC1. The monoisotopic (exact) mass is 327 g/mol. The molecule has 1 aliphatic rings. The fourth-order valence-electron chi connectivity index (χ4n) is 3.36. The molecule has 0 radical (unpaired) electrons. The highest BCUT2D eigenvalue weighted by Crippen LogP contribution is 2.34. The molecule has 3 rings (SSSR count). The number of likely N-dealkylation sites (tertiary alicyclic amines) is 1. The Kier molecular flexibility index (Phi) is 4.71. The fourth-order valence-corrected chi connectivity index (χ4v) is 3.36. The van der Waals surface area contributed by atoms with E-state index in [2.05, 4.69) is 12.0 Å². The molecule has 1 N–H and O–H groups in total. The van der Waals surface area contributed by atoms with Crippen LogP contribution in [0.15, 0.2) is 36.5 Å². The van der Waals surface area contributed by atoms with Crippen molar-refractivity contribution in [3.8, 4) is 5.69 Å². The first-order valence-corrected chi connectivity index (χ1v) is 8.60. The van der Waals surface area contributed by atoms with Gasteiger partial charge in [-0.3, -0.25) is 4.79 Å². The third-order valence-electron chi connectivity index (χ3n) is 5.35. The van der Waals surface area contributed by atoms with E-state index in [0.717, 1.165) is 30.6 Å². The minimum Gasteiger partial charge on any atom is -0.396 e. The van der Waals surface area contributed by atoms with E-state index in [1.807, 2.05) is 48.4 Å². The number of hydrogen-bond acceptors (Lipinski definition) is 3. The van der Waals surface area contributed by atoms with Gasteiger partial charge in [0, 0.05) is 25.9 Å². The minimum absolute atomic E-state index is 0.0138. The molecule has 0 unspecified atom stereocenters. The Balaban J connectivity index is 1.76. The molecule has 1 amide bonds. The van der Waals surface area contributed by atoms with Crippen LogP contribution in [0.5, 0.6) is 0 Å². The molecule has 0 aliphatic carbocycles. The number of aliphatic hydroxyl groups excluding tert-OH is 1. The third-order valence-corrected chi connectivity index (χ3v) is 5.35. The maximum atomic E-state index is 12.9. The van der Waals surface area contributed by atoms with Gasteiger partial charge in [-0.2, -0.15) is 5.10 Å². The number of amides is 1. The molecule has 5 heteroatoms. The zero-order valence-corrected chi connectivity index (χ0v) is 14.4. The van der Waals surface area contributed by atoms with Crippen molar-refractivity contribution in [2.24, 2.45) is 5.41 Å². The fraction of sp³-hybridized carbons (Fsp3) is 0.474. The number of piperidine rings is 1. The summed E-state index contributed by atoms with van der Waals surface area (Å²) in [6.45, 7) is 5.59. The second kappa shape index (κ2) is 6.77. The Hall–Kier alpha value is -2.14. The quantitative estimate of drug-likeness (QED) is 0.939. The number of nitrogens with zero attached hydrogens (tertiary/aromatic N) is 3. The van der Waals surface area contributed by atoms with Crippen LogP contribution in [0.2, 0.25) is 0 Å². The van der Waals surface area contributed by atoms with Crippen molar-refractivity contribution in [3.63, 3.8) is 0 Å². The second-order valence-corrected chi connectivity index (χ2v) is 6.71. The first-order valence-electron chi connectivity index (χ1n) is 8.60. The molecule has 1 aliphatic heterocycles. The average molecular weight is 327 g/mol. The lowest BCUT2D eigenvalue weighted by Gasteiger charge is -2.40. The van der Waals surface area contributed by atoms with Crippen LogP contribution in [0, 0.1) is 12.3 Å². The summed E-state index contributed by atoms with van der Waals surface area (Å²) in [6, 6.07) is 9.81. The largest absolute Gasteiger partial charge is 0.396 e. The predicted molar refractivity (Wildman–Crippen MR) is 93.2 cm³/mol. The summed E-state index contributed by atoms with van der Waals surface area (Å²) in [5, 5.41) is 14.1. The molecule has 0 spiro atoms. The lowest BCUT2D eigenvalue weighted by atomic mass is 9.77. The molecule has 1 fully saturated rings. The van der Waals surface area contributed by atoms with Crippen molar-refractivity contribution in [3.05, 3.63) is 47.8 Å². The number of aryl methyl sites for hydroxylation is 1. The summed E-state index contributed by atoms with van der Waals surface area (Å²) in [5.41, 5.74) is 2.34. The van der Waals surface area contributed by atoms with Gasteiger partial charge in [-0.05, 0) is 43.7 Å². The van der Waals surface area contributed by atoms with Gasteiger partial charge in [0.1, 0.15) is 0 Å². The Morgan fingerprint density at radius 2 is 1.92 bits per heavy atom. The van der Waals surface area contributed by atoms with Crippen LogP contribution >= 0.6 is 0 Å². The zero-order chi connectivity index (χ0) is 17.2. The standard InChI is InChI=1S/C19H25N3O2/c1-3-19(14-23)9-11-21(12-10-19)18(24)17-13-22(20-15(17)2)16-7-5-4-6-8-16/h4-8,13,23H,3,9-12,14H2,1-2H3. The first-order chi connectivity index (χ1) is 11.6. The third kappa shape index (κ3) is 3.08. The molecular formula is C19H25N3O2. The van der Waals surface area contributed by atoms with Crippen LogP contribution in [0.3, 0.4) is 0 Å². The average Bonchev–Trinajstić information content (AvgIpc) is 3.04. The first kappa shape index (κ1) is 16.7. The van der Waals surface area contributed by atoms with Gasteiger partial charge in [0.2, 0.25) is 0 Å². The summed E-state index contributed by atoms with van der Waals surface area (Å²) >= 11 is 0. The van der Waals surface area contributed by atoms with Crippen LogP contribution in [0.4, 0.5) is 0 Å². The van der Waals surface area contributed by atoms with E-state index in [-0.39, 0.29) is 17.9 Å². The number of aliphatic hydroxyl groups is 1. The minimum atomic E-state index is -0.0138. The molecule has 2 heterocycles. The van der Waals surface area contributed by atoms with Gasteiger partial charge in [0.25, 0.3) is 5.91 Å². The van der Waals surface area contributed by atoms with Crippen molar-refractivity contribution in [2.75, 3.05) is 19.7 Å². The van der Waals surface area contributed by atoms with Gasteiger partial charge in [-0.25, -0.2) is 4.68 Å². The van der Waals surface area contributed by atoms with Gasteiger partial charge >= 0.3 is 0 Å². The number of para-hydroxylation sites is 1. The van der Waals surface area contributed by atoms with Crippen molar-refractivity contribution in [2.45, 2.75) is 33.1 Å². The van der Waals surface area contributed by atoms with E-state index in [4.69, 9.17) is 0 Å². The van der Waals surface area contributed by atoms with E-state index in [9.17, 15) is 9.90 Å². The molecule has 2 aromatic rings. The summed E-state index contributed by atoms with van der Waals surface area (Å²) in [5.74, 6) is 0.0392. The molecule has 1 aromatic heterocycles. The van der Waals surface area contributed by atoms with E-state index < -0.39 is 0 Å². The Labute approximate surface area is 142 Å². The Morgan fingerprint density at radius 1 is 1.25 bits per heavy atom. The number of carbonyl (C=O) groups is 1. The maximum Gasteiger partial charge on any atom is 0.257 e. The molecule has 5 nitrogen and oxygen atoms in total. The van der Waals surface area contributed by atoms with Crippen molar-refractivity contribution >= 4 is 5.91 Å². The van der Waals surface area contributed by atoms with E-state index in [0.29, 0.717) is 18.7 Å². The lowest BCUT2D eigenvalue weighted by Crippen LogP contribution is -2.44. The molecule has 1 aromatic carbocycles. The number of hydrogen-bond donors (Lipinski definition) is 1. The van der Waals surface area contributed by atoms with Gasteiger partial charge in [-0.15, -0.1) is 0 Å². The smallest absolute Gasteiger partial charge is 0.257 e. The van der Waals surface area contributed by atoms with Crippen LogP contribution in [0.25, 0.3) is 5.69 Å². The predicted octanol–water partition coefficient (Wildman–Crippen LogP) is 2.81.